The van der Waals surface area contributed by atoms with Crippen LogP contribution in [0.4, 0.5) is 0 Å². The molecule has 108 valence electrons. The highest BCUT2D eigenvalue weighted by Gasteiger charge is 2.32. The van der Waals surface area contributed by atoms with Crippen LogP contribution in [0.5, 0.6) is 0 Å². The molecular formula is C14H15BrINO3. The maximum atomic E-state index is 12.7. The average molecular weight is 452 g/mol. The van der Waals surface area contributed by atoms with E-state index in [1.54, 1.807) is 6.07 Å². The van der Waals surface area contributed by atoms with E-state index < -0.39 is 12.0 Å². The Morgan fingerprint density at radius 1 is 1.30 bits per heavy atom. The molecule has 6 heteroatoms. The second kappa shape index (κ2) is 6.89. The molecule has 0 saturated carbocycles. The van der Waals surface area contributed by atoms with Crippen LogP contribution in [0, 0.1) is 3.57 Å². The fourth-order valence-corrected chi connectivity index (χ4v) is 3.33. The zero-order valence-corrected chi connectivity index (χ0v) is 14.6. The van der Waals surface area contributed by atoms with Crippen LogP contribution in [-0.2, 0) is 4.79 Å². The van der Waals surface area contributed by atoms with E-state index in [1.165, 1.54) is 4.90 Å². The summed E-state index contributed by atoms with van der Waals surface area (Å²) in [5.74, 6) is -1.12. The summed E-state index contributed by atoms with van der Waals surface area (Å²) in [5.41, 5.74) is 0.532. The monoisotopic (exact) mass is 451 g/mol. The van der Waals surface area contributed by atoms with Gasteiger partial charge in [-0.25, -0.2) is 4.79 Å². The molecule has 1 N–H and O–H groups in total. The number of amides is 1. The molecule has 1 unspecified atom stereocenters. The molecule has 1 atom stereocenters. The normalized spacial score (nSPS) is 19.5. The Hall–Kier alpha value is -0.630. The van der Waals surface area contributed by atoms with Crippen LogP contribution in [0.3, 0.4) is 0 Å². The molecule has 20 heavy (non-hydrogen) atoms. The molecule has 1 fully saturated rings. The molecule has 1 aromatic rings. The molecule has 1 aliphatic heterocycles. The third-order valence-electron chi connectivity index (χ3n) is 3.46. The van der Waals surface area contributed by atoms with Gasteiger partial charge in [-0.05, 0) is 69.6 Å². The lowest BCUT2D eigenvalue weighted by Crippen LogP contribution is -2.44. The largest absolute Gasteiger partial charge is 0.480 e. The zero-order chi connectivity index (χ0) is 14.7. The van der Waals surface area contributed by atoms with Crippen molar-refractivity contribution in [3.63, 3.8) is 0 Å². The summed E-state index contributed by atoms with van der Waals surface area (Å²) < 4.78 is 1.66. The van der Waals surface area contributed by atoms with E-state index >= 15 is 0 Å². The van der Waals surface area contributed by atoms with Crippen LogP contribution in [0.2, 0.25) is 0 Å². The molecule has 1 aliphatic rings. The second-order valence-electron chi connectivity index (χ2n) is 4.83. The van der Waals surface area contributed by atoms with Gasteiger partial charge < -0.3 is 10.0 Å². The summed E-state index contributed by atoms with van der Waals surface area (Å²) in [6.45, 7) is 0.508. The zero-order valence-electron chi connectivity index (χ0n) is 10.8. The number of carbonyl (C=O) groups excluding carboxylic acids is 1. The standard InChI is InChI=1S/C14H15BrINO3/c15-11-6-5-9(16)8-10(11)13(18)17-7-3-1-2-4-12(17)14(19)20/h5-6,8,12H,1-4,7H2,(H,19,20). The first-order chi connectivity index (χ1) is 9.50. The summed E-state index contributed by atoms with van der Waals surface area (Å²) >= 11 is 5.52. The van der Waals surface area contributed by atoms with Crippen molar-refractivity contribution in [2.45, 2.75) is 31.7 Å². The summed E-state index contributed by atoms with van der Waals surface area (Å²) in [6.07, 6.45) is 3.22. The van der Waals surface area contributed by atoms with E-state index in [4.69, 9.17) is 0 Å². The molecule has 2 rings (SSSR count). The van der Waals surface area contributed by atoms with Gasteiger partial charge in [-0.15, -0.1) is 0 Å². The van der Waals surface area contributed by atoms with Crippen molar-refractivity contribution in [2.75, 3.05) is 6.54 Å². The van der Waals surface area contributed by atoms with Crippen molar-refractivity contribution in [3.8, 4) is 0 Å². The fraction of sp³-hybridized carbons (Fsp3) is 0.429. The van der Waals surface area contributed by atoms with Gasteiger partial charge in [0.05, 0.1) is 5.56 Å². The minimum Gasteiger partial charge on any atom is -0.480 e. The Morgan fingerprint density at radius 3 is 2.75 bits per heavy atom. The summed E-state index contributed by atoms with van der Waals surface area (Å²) in [4.78, 5) is 25.6. The molecular weight excluding hydrogens is 437 g/mol. The smallest absolute Gasteiger partial charge is 0.326 e. The Bertz CT molecular complexity index is 535. The Labute approximate surface area is 139 Å². The first kappa shape index (κ1) is 15.8. The molecule has 1 saturated heterocycles. The van der Waals surface area contributed by atoms with E-state index in [2.05, 4.69) is 38.5 Å². The number of nitrogens with zero attached hydrogens (tertiary/aromatic N) is 1. The number of carboxylic acid groups (broad SMARTS) is 1. The Kier molecular flexibility index (Phi) is 5.42. The third kappa shape index (κ3) is 3.52. The van der Waals surface area contributed by atoms with E-state index in [-0.39, 0.29) is 5.91 Å². The van der Waals surface area contributed by atoms with E-state index in [0.29, 0.717) is 23.0 Å². The maximum Gasteiger partial charge on any atom is 0.326 e. The van der Waals surface area contributed by atoms with Crippen LogP contribution >= 0.6 is 38.5 Å². The molecule has 0 bridgehead atoms. The number of likely N-dealkylation sites (tertiary alicyclic amines) is 1. The fourth-order valence-electron chi connectivity index (χ4n) is 2.42. The Balaban J connectivity index is 2.33. The maximum absolute atomic E-state index is 12.7. The molecule has 0 radical (unpaired) electrons. The lowest BCUT2D eigenvalue weighted by molar-refractivity contribution is -0.142. The number of benzene rings is 1. The van der Waals surface area contributed by atoms with Crippen LogP contribution in [0.15, 0.2) is 22.7 Å². The number of carbonyl (C=O) groups is 2. The van der Waals surface area contributed by atoms with Crippen LogP contribution < -0.4 is 0 Å². The number of aliphatic carboxylic acids is 1. The van der Waals surface area contributed by atoms with Crippen LogP contribution in [-0.4, -0.2) is 34.5 Å². The minimum absolute atomic E-state index is 0.204. The Morgan fingerprint density at radius 2 is 2.05 bits per heavy atom. The van der Waals surface area contributed by atoms with Gasteiger partial charge in [-0.3, -0.25) is 4.79 Å². The summed E-state index contributed by atoms with van der Waals surface area (Å²) in [6, 6.07) is 4.80. The molecule has 4 nitrogen and oxygen atoms in total. The van der Waals surface area contributed by atoms with Crippen molar-refractivity contribution >= 4 is 50.4 Å². The van der Waals surface area contributed by atoms with Crippen molar-refractivity contribution < 1.29 is 14.7 Å². The predicted octanol–water partition coefficient (Wildman–Crippen LogP) is 3.52. The number of hydrogen-bond donors (Lipinski definition) is 1. The minimum atomic E-state index is -0.915. The first-order valence-electron chi connectivity index (χ1n) is 6.49. The van der Waals surface area contributed by atoms with Gasteiger partial charge >= 0.3 is 5.97 Å². The van der Waals surface area contributed by atoms with Gasteiger partial charge in [0.15, 0.2) is 0 Å². The van der Waals surface area contributed by atoms with E-state index in [0.717, 1.165) is 22.8 Å². The summed E-state index contributed by atoms with van der Waals surface area (Å²) in [5, 5.41) is 9.35. The molecule has 1 amide bonds. The van der Waals surface area contributed by atoms with Crippen LogP contribution in [0.1, 0.15) is 36.0 Å². The predicted molar refractivity (Wildman–Crippen MR) is 87.8 cm³/mol. The van der Waals surface area contributed by atoms with Crippen molar-refractivity contribution in [1.82, 2.24) is 4.90 Å². The van der Waals surface area contributed by atoms with Gasteiger partial charge in [-0.1, -0.05) is 12.8 Å². The quantitative estimate of drug-likeness (QED) is 0.700. The van der Waals surface area contributed by atoms with Gasteiger partial charge in [0.1, 0.15) is 6.04 Å². The molecule has 1 aromatic carbocycles. The SMILES string of the molecule is O=C(O)C1CCCCCN1C(=O)c1cc(I)ccc1Br. The van der Waals surface area contributed by atoms with Crippen molar-refractivity contribution in [2.24, 2.45) is 0 Å². The number of halogens is 2. The van der Waals surface area contributed by atoms with Gasteiger partial charge in [0.2, 0.25) is 0 Å². The molecule has 0 aliphatic carbocycles. The second-order valence-corrected chi connectivity index (χ2v) is 6.93. The highest BCUT2D eigenvalue weighted by molar-refractivity contribution is 14.1. The lowest BCUT2D eigenvalue weighted by atomic mass is 10.1. The average Bonchev–Trinajstić information content (AvgIpc) is 2.66. The summed E-state index contributed by atoms with van der Waals surface area (Å²) in [7, 11) is 0. The van der Waals surface area contributed by atoms with Crippen molar-refractivity contribution in [3.05, 3.63) is 31.8 Å². The lowest BCUT2D eigenvalue weighted by Gasteiger charge is -2.27. The van der Waals surface area contributed by atoms with Gasteiger partial charge in [0.25, 0.3) is 5.91 Å². The van der Waals surface area contributed by atoms with Crippen molar-refractivity contribution in [1.29, 1.82) is 0 Å². The highest BCUT2D eigenvalue weighted by Crippen LogP contribution is 2.25. The number of hydrogen-bond acceptors (Lipinski definition) is 2. The van der Waals surface area contributed by atoms with E-state index in [9.17, 15) is 14.7 Å². The van der Waals surface area contributed by atoms with E-state index in [1.807, 2.05) is 12.1 Å². The molecule has 0 aromatic heterocycles. The van der Waals surface area contributed by atoms with Crippen LogP contribution in [0.25, 0.3) is 0 Å². The number of rotatable bonds is 2. The molecule has 0 spiro atoms. The first-order valence-corrected chi connectivity index (χ1v) is 8.36. The third-order valence-corrected chi connectivity index (χ3v) is 4.82. The van der Waals surface area contributed by atoms with Gasteiger partial charge in [-0.2, -0.15) is 0 Å². The highest BCUT2D eigenvalue weighted by atomic mass is 127. The van der Waals surface area contributed by atoms with Gasteiger partial charge in [0, 0.05) is 14.6 Å². The number of carboxylic acids is 1. The molecule has 1 heterocycles. The topological polar surface area (TPSA) is 57.6 Å².